The lowest BCUT2D eigenvalue weighted by atomic mass is 10.2. The molecule has 0 fully saturated rings. The predicted octanol–water partition coefficient (Wildman–Crippen LogP) is 2.87. The third-order valence-corrected chi connectivity index (χ3v) is 4.57. The number of sulfone groups is 1. The van der Waals surface area contributed by atoms with Gasteiger partial charge in [-0.25, -0.2) is 13.2 Å². The highest BCUT2D eigenvalue weighted by Crippen LogP contribution is 2.22. The molecule has 4 nitrogen and oxygen atoms in total. The van der Waals surface area contributed by atoms with Gasteiger partial charge in [-0.1, -0.05) is 11.6 Å². The molecule has 0 aliphatic heterocycles. The molecule has 0 atom stereocenters. The summed E-state index contributed by atoms with van der Waals surface area (Å²) in [6, 6.07) is 10.8. The topological polar surface area (TPSA) is 71.4 Å². The van der Waals surface area contributed by atoms with Crippen molar-refractivity contribution in [1.82, 2.24) is 0 Å². The van der Waals surface area contributed by atoms with Gasteiger partial charge in [-0.3, -0.25) is 0 Å². The fourth-order valence-electron chi connectivity index (χ4n) is 1.53. The van der Waals surface area contributed by atoms with E-state index in [9.17, 15) is 13.2 Å². The summed E-state index contributed by atoms with van der Waals surface area (Å²) in [6.07, 6.45) is 0. The number of hydrogen-bond donors (Lipinski definition) is 1. The average Bonchev–Trinajstić information content (AvgIpc) is 2.39. The van der Waals surface area contributed by atoms with Gasteiger partial charge in [0.1, 0.15) is 0 Å². The Hall–Kier alpha value is -1.85. The minimum Gasteiger partial charge on any atom is -0.478 e. The number of halogens is 1. The maximum Gasteiger partial charge on any atom is 0.335 e. The van der Waals surface area contributed by atoms with Crippen LogP contribution in [0.1, 0.15) is 10.4 Å². The highest BCUT2D eigenvalue weighted by Gasteiger charge is 2.17. The van der Waals surface area contributed by atoms with Gasteiger partial charge in [0.2, 0.25) is 9.84 Å². The first-order chi connectivity index (χ1) is 8.91. The van der Waals surface area contributed by atoms with Crippen molar-refractivity contribution in [2.24, 2.45) is 0 Å². The van der Waals surface area contributed by atoms with E-state index in [-0.39, 0.29) is 15.4 Å². The first-order valence-electron chi connectivity index (χ1n) is 5.25. The Morgan fingerprint density at radius 2 is 1.32 bits per heavy atom. The summed E-state index contributed by atoms with van der Waals surface area (Å²) in [5.41, 5.74) is 0.0371. The molecule has 0 amide bonds. The zero-order valence-electron chi connectivity index (χ0n) is 9.58. The van der Waals surface area contributed by atoms with Gasteiger partial charge in [0, 0.05) is 5.02 Å². The Kier molecular flexibility index (Phi) is 3.59. The third-order valence-electron chi connectivity index (χ3n) is 2.54. The van der Waals surface area contributed by atoms with E-state index < -0.39 is 15.8 Å². The van der Waals surface area contributed by atoms with E-state index in [0.29, 0.717) is 5.02 Å². The summed E-state index contributed by atoms with van der Waals surface area (Å²) in [6.45, 7) is 0. The van der Waals surface area contributed by atoms with Crippen LogP contribution >= 0.6 is 11.6 Å². The van der Waals surface area contributed by atoms with Crippen LogP contribution in [-0.4, -0.2) is 19.5 Å². The summed E-state index contributed by atoms with van der Waals surface area (Å²) in [4.78, 5) is 10.9. The molecule has 0 aliphatic rings. The minimum atomic E-state index is -3.65. The van der Waals surface area contributed by atoms with Crippen molar-refractivity contribution in [3.05, 3.63) is 59.1 Å². The van der Waals surface area contributed by atoms with Crippen LogP contribution in [0.4, 0.5) is 0 Å². The zero-order valence-corrected chi connectivity index (χ0v) is 11.1. The van der Waals surface area contributed by atoms with Crippen molar-refractivity contribution in [3.63, 3.8) is 0 Å². The predicted molar refractivity (Wildman–Crippen MR) is 70.3 cm³/mol. The van der Waals surface area contributed by atoms with Gasteiger partial charge in [-0.15, -0.1) is 0 Å². The van der Waals surface area contributed by atoms with Crippen LogP contribution in [0.3, 0.4) is 0 Å². The number of carboxylic acids is 1. The molecule has 1 N–H and O–H groups in total. The molecular formula is C13H9ClO4S. The maximum absolute atomic E-state index is 12.2. The molecule has 98 valence electrons. The molecule has 2 rings (SSSR count). The van der Waals surface area contributed by atoms with Gasteiger partial charge in [0.15, 0.2) is 0 Å². The SMILES string of the molecule is O=C(O)c1ccc(S(=O)(=O)c2ccc(Cl)cc2)cc1. The van der Waals surface area contributed by atoms with Crippen LogP contribution in [0.25, 0.3) is 0 Å². The lowest BCUT2D eigenvalue weighted by Gasteiger charge is -2.05. The van der Waals surface area contributed by atoms with Crippen molar-refractivity contribution < 1.29 is 18.3 Å². The van der Waals surface area contributed by atoms with Crippen molar-refractivity contribution >= 4 is 27.4 Å². The van der Waals surface area contributed by atoms with Gasteiger partial charge in [-0.2, -0.15) is 0 Å². The number of carbonyl (C=O) groups is 1. The summed E-state index contributed by atoms with van der Waals surface area (Å²) in [5, 5.41) is 9.21. The van der Waals surface area contributed by atoms with Crippen LogP contribution in [0.2, 0.25) is 5.02 Å². The third kappa shape index (κ3) is 2.77. The molecule has 0 aliphatic carbocycles. The van der Waals surface area contributed by atoms with Crippen LogP contribution in [-0.2, 0) is 9.84 Å². The highest BCUT2D eigenvalue weighted by atomic mass is 35.5. The average molecular weight is 297 g/mol. The second-order valence-electron chi connectivity index (χ2n) is 3.79. The lowest BCUT2D eigenvalue weighted by Crippen LogP contribution is -2.03. The van der Waals surface area contributed by atoms with Gasteiger partial charge < -0.3 is 5.11 Å². The van der Waals surface area contributed by atoms with Gasteiger partial charge in [0.25, 0.3) is 0 Å². The Balaban J connectivity index is 2.44. The van der Waals surface area contributed by atoms with Crippen molar-refractivity contribution in [3.8, 4) is 0 Å². The summed E-state index contributed by atoms with van der Waals surface area (Å²) >= 11 is 5.70. The van der Waals surface area contributed by atoms with E-state index in [2.05, 4.69) is 0 Å². The van der Waals surface area contributed by atoms with Crippen LogP contribution < -0.4 is 0 Å². The smallest absolute Gasteiger partial charge is 0.335 e. The molecule has 2 aromatic rings. The second-order valence-corrected chi connectivity index (χ2v) is 6.17. The van der Waals surface area contributed by atoms with Gasteiger partial charge in [-0.05, 0) is 48.5 Å². The van der Waals surface area contributed by atoms with E-state index in [1.54, 1.807) is 0 Å². The van der Waals surface area contributed by atoms with E-state index in [0.717, 1.165) is 0 Å². The first kappa shape index (κ1) is 13.6. The molecule has 0 saturated heterocycles. The zero-order chi connectivity index (χ0) is 14.0. The minimum absolute atomic E-state index is 0.0371. The number of benzene rings is 2. The molecule has 2 aromatic carbocycles. The Morgan fingerprint density at radius 1 is 0.895 bits per heavy atom. The monoisotopic (exact) mass is 296 g/mol. The molecule has 6 heteroatoms. The van der Waals surface area contributed by atoms with Gasteiger partial charge >= 0.3 is 5.97 Å². The van der Waals surface area contributed by atoms with E-state index in [1.807, 2.05) is 0 Å². The quantitative estimate of drug-likeness (QED) is 0.945. The van der Waals surface area contributed by atoms with E-state index in [1.165, 1.54) is 48.5 Å². The molecule has 0 heterocycles. The molecule has 19 heavy (non-hydrogen) atoms. The van der Waals surface area contributed by atoms with Gasteiger partial charge in [0.05, 0.1) is 15.4 Å². The maximum atomic E-state index is 12.2. The van der Waals surface area contributed by atoms with Crippen molar-refractivity contribution in [2.75, 3.05) is 0 Å². The molecule has 0 radical (unpaired) electrons. The van der Waals surface area contributed by atoms with Crippen LogP contribution in [0.15, 0.2) is 58.3 Å². The second kappa shape index (κ2) is 5.03. The summed E-state index contributed by atoms with van der Waals surface area (Å²) in [5.74, 6) is -1.10. The number of hydrogen-bond acceptors (Lipinski definition) is 3. The molecule has 0 spiro atoms. The van der Waals surface area contributed by atoms with E-state index >= 15 is 0 Å². The number of aromatic carboxylic acids is 1. The first-order valence-corrected chi connectivity index (χ1v) is 7.11. The molecular weight excluding hydrogens is 288 g/mol. The summed E-state index contributed by atoms with van der Waals surface area (Å²) in [7, 11) is -3.65. The fraction of sp³-hybridized carbons (Fsp3) is 0. The Morgan fingerprint density at radius 3 is 1.74 bits per heavy atom. The lowest BCUT2D eigenvalue weighted by molar-refractivity contribution is 0.0697. The van der Waals surface area contributed by atoms with E-state index in [4.69, 9.17) is 16.7 Å². The Labute approximate surface area is 115 Å². The molecule has 0 unspecified atom stereocenters. The fourth-order valence-corrected chi connectivity index (χ4v) is 2.91. The Bertz CT molecular complexity index is 703. The largest absolute Gasteiger partial charge is 0.478 e. The van der Waals surface area contributed by atoms with Crippen molar-refractivity contribution in [2.45, 2.75) is 9.79 Å². The molecule has 0 saturated carbocycles. The number of carboxylic acid groups (broad SMARTS) is 1. The number of rotatable bonds is 3. The summed E-state index contributed by atoms with van der Waals surface area (Å²) < 4.78 is 24.5. The van der Waals surface area contributed by atoms with Crippen molar-refractivity contribution in [1.29, 1.82) is 0 Å². The van der Waals surface area contributed by atoms with Crippen LogP contribution in [0, 0.1) is 0 Å². The molecule has 0 bridgehead atoms. The molecule has 0 aromatic heterocycles. The van der Waals surface area contributed by atoms with Crippen LogP contribution in [0.5, 0.6) is 0 Å². The highest BCUT2D eigenvalue weighted by molar-refractivity contribution is 7.91. The normalized spacial score (nSPS) is 11.2. The standard InChI is InChI=1S/C13H9ClO4S/c14-10-3-7-12(8-4-10)19(17,18)11-5-1-9(2-6-11)13(15)16/h1-8H,(H,15,16).